The first-order chi connectivity index (χ1) is 21.3. The topological polar surface area (TPSA) is 66.3 Å². The molecule has 7 nitrogen and oxygen atoms in total. The number of carbonyl (C=O) groups is 1. The largest absolute Gasteiger partial charge is 0.341 e. The number of pyridine rings is 1. The van der Waals surface area contributed by atoms with Crippen LogP contribution >= 0.6 is 0 Å². The summed E-state index contributed by atoms with van der Waals surface area (Å²) in [4.78, 5) is 27.7. The summed E-state index contributed by atoms with van der Waals surface area (Å²) in [5.74, 6) is 1.83. The van der Waals surface area contributed by atoms with Gasteiger partial charge in [0.15, 0.2) is 0 Å². The summed E-state index contributed by atoms with van der Waals surface area (Å²) in [7, 11) is 2.19. The highest BCUT2D eigenvalue weighted by molar-refractivity contribution is 5.89. The normalized spacial score (nSPS) is 12.1. The Bertz CT molecular complexity index is 1530. The molecule has 0 saturated heterocycles. The van der Waals surface area contributed by atoms with Crippen LogP contribution in [0.15, 0.2) is 60.9 Å². The van der Waals surface area contributed by atoms with Crippen molar-refractivity contribution in [2.24, 2.45) is 11.8 Å². The molecule has 7 heteroatoms. The Morgan fingerprint density at radius 1 is 0.911 bits per heavy atom. The van der Waals surface area contributed by atoms with Crippen LogP contribution in [0.25, 0.3) is 11.0 Å². The number of aryl methyl sites for hydroxylation is 3. The summed E-state index contributed by atoms with van der Waals surface area (Å²) >= 11 is 0. The van der Waals surface area contributed by atoms with Gasteiger partial charge in [-0.15, -0.1) is 0 Å². The lowest BCUT2D eigenvalue weighted by Gasteiger charge is -2.34. The zero-order chi connectivity index (χ0) is 32.7. The predicted molar refractivity (Wildman–Crippen MR) is 188 cm³/mol. The Balaban J connectivity index is 1.62. The van der Waals surface area contributed by atoms with Crippen molar-refractivity contribution in [3.05, 3.63) is 83.2 Å². The van der Waals surface area contributed by atoms with Gasteiger partial charge < -0.3 is 19.7 Å². The van der Waals surface area contributed by atoms with Crippen LogP contribution in [0, 0.1) is 25.7 Å². The van der Waals surface area contributed by atoms with Crippen molar-refractivity contribution in [2.75, 3.05) is 38.5 Å². The third-order valence-corrected chi connectivity index (χ3v) is 8.39. The van der Waals surface area contributed by atoms with Gasteiger partial charge in [-0.1, -0.05) is 39.8 Å². The second kappa shape index (κ2) is 15.0. The maximum atomic E-state index is 14.1. The molecule has 0 spiro atoms. The molecule has 0 bridgehead atoms. The average molecular weight is 611 g/mol. The van der Waals surface area contributed by atoms with Gasteiger partial charge >= 0.3 is 0 Å². The van der Waals surface area contributed by atoms with E-state index in [0.717, 1.165) is 73.8 Å². The molecule has 2 heterocycles. The van der Waals surface area contributed by atoms with E-state index in [2.05, 4.69) is 136 Å². The molecule has 0 saturated carbocycles. The van der Waals surface area contributed by atoms with Crippen molar-refractivity contribution >= 4 is 28.6 Å². The third kappa shape index (κ3) is 9.16. The summed E-state index contributed by atoms with van der Waals surface area (Å²) in [6, 6.07) is 17.1. The Morgan fingerprint density at radius 2 is 1.56 bits per heavy atom. The molecule has 4 aromatic rings. The van der Waals surface area contributed by atoms with Crippen LogP contribution in [0.4, 0.5) is 11.6 Å². The van der Waals surface area contributed by atoms with Crippen molar-refractivity contribution in [1.29, 1.82) is 0 Å². The van der Waals surface area contributed by atoms with Crippen LogP contribution in [0.2, 0.25) is 0 Å². The van der Waals surface area contributed by atoms with Crippen LogP contribution < -0.4 is 5.32 Å². The van der Waals surface area contributed by atoms with Gasteiger partial charge in [-0.25, -0.2) is 4.98 Å². The van der Waals surface area contributed by atoms with E-state index in [1.54, 1.807) is 0 Å². The second-order valence-corrected chi connectivity index (χ2v) is 14.2. The third-order valence-electron chi connectivity index (χ3n) is 8.39. The van der Waals surface area contributed by atoms with Crippen LogP contribution in [0.5, 0.6) is 0 Å². The molecule has 0 atom stereocenters. The van der Waals surface area contributed by atoms with Gasteiger partial charge in [0, 0.05) is 44.3 Å². The zero-order valence-corrected chi connectivity index (χ0v) is 29.0. The molecule has 0 aliphatic rings. The fourth-order valence-electron chi connectivity index (χ4n) is 6.13. The summed E-state index contributed by atoms with van der Waals surface area (Å²) in [5.41, 5.74) is 7.11. The number of nitrogens with one attached hydrogen (secondary N) is 1. The lowest BCUT2D eigenvalue weighted by atomic mass is 9.82. The smallest absolute Gasteiger partial charge is 0.232 e. The highest BCUT2D eigenvalue weighted by atomic mass is 16.2. The molecule has 0 aliphatic heterocycles. The number of rotatable bonds is 15. The fourth-order valence-corrected chi connectivity index (χ4v) is 6.13. The number of benzene rings is 2. The van der Waals surface area contributed by atoms with Gasteiger partial charge in [-0.05, 0) is 125 Å². The number of imidazole rings is 1. The summed E-state index contributed by atoms with van der Waals surface area (Å²) < 4.78 is 2.30. The summed E-state index contributed by atoms with van der Waals surface area (Å²) in [5, 5.41) is 3.63. The van der Waals surface area contributed by atoms with Crippen molar-refractivity contribution in [1.82, 2.24) is 24.3 Å². The maximum Gasteiger partial charge on any atom is 0.232 e. The van der Waals surface area contributed by atoms with E-state index in [9.17, 15) is 4.79 Å². The number of anilines is 2. The molecule has 1 N–H and O–H groups in total. The van der Waals surface area contributed by atoms with E-state index in [4.69, 9.17) is 4.98 Å². The quantitative estimate of drug-likeness (QED) is 0.149. The Hall–Kier alpha value is -3.71. The minimum absolute atomic E-state index is 0.180. The predicted octanol–water partition coefficient (Wildman–Crippen LogP) is 7.77. The van der Waals surface area contributed by atoms with Crippen molar-refractivity contribution in [2.45, 2.75) is 80.2 Å². The molecule has 0 unspecified atom stereocenters. The first-order valence-corrected chi connectivity index (χ1v) is 16.6. The first-order valence-electron chi connectivity index (χ1n) is 16.6. The molecule has 242 valence electrons. The molecule has 2 aromatic carbocycles. The van der Waals surface area contributed by atoms with Gasteiger partial charge in [0.2, 0.25) is 11.9 Å². The number of hydrogen-bond acceptors (Lipinski definition) is 5. The summed E-state index contributed by atoms with van der Waals surface area (Å²) in [6.07, 6.45) is 5.70. The first kappa shape index (κ1) is 34.2. The number of nitrogens with zero attached hydrogens (tertiary/aromatic N) is 5. The highest BCUT2D eigenvalue weighted by Gasteiger charge is 2.35. The van der Waals surface area contributed by atoms with Crippen LogP contribution in [-0.4, -0.2) is 63.5 Å². The van der Waals surface area contributed by atoms with E-state index in [-0.39, 0.29) is 5.91 Å². The Kier molecular flexibility index (Phi) is 11.4. The standard InChI is InChI=1S/C38H54N6O/c1-27(2)25-43(26-28(3)4)36(45)38(7,8)32-11-12-34-35(24-32)44(37(41-34)40-33-22-29(5)21-30(6)23-33)19-10-18-42(9)20-15-31-13-16-39-17-14-31/h11-14,16-17,21-24,27-28H,10,15,18-20,25-26H2,1-9H3,(H,40,41). The SMILES string of the molecule is Cc1cc(C)cc(Nc2nc3ccc(C(C)(C)C(=O)N(CC(C)C)CC(C)C)cc3n2CCCN(C)CCc2ccncc2)c1. The van der Waals surface area contributed by atoms with Crippen molar-refractivity contribution < 1.29 is 4.79 Å². The number of carbonyl (C=O) groups excluding carboxylic acids is 1. The molecular weight excluding hydrogens is 556 g/mol. The van der Waals surface area contributed by atoms with Gasteiger partial charge in [0.05, 0.1) is 16.4 Å². The van der Waals surface area contributed by atoms with E-state index in [1.165, 1.54) is 16.7 Å². The van der Waals surface area contributed by atoms with E-state index in [1.807, 2.05) is 12.4 Å². The van der Waals surface area contributed by atoms with Crippen LogP contribution in [-0.2, 0) is 23.2 Å². The molecular formula is C38H54N6O. The van der Waals surface area contributed by atoms with Gasteiger partial charge in [0.25, 0.3) is 0 Å². The molecule has 2 aromatic heterocycles. The van der Waals surface area contributed by atoms with Gasteiger partial charge in [-0.2, -0.15) is 0 Å². The van der Waals surface area contributed by atoms with Crippen LogP contribution in [0.1, 0.15) is 70.2 Å². The van der Waals surface area contributed by atoms with Gasteiger partial charge in [-0.3, -0.25) is 9.78 Å². The van der Waals surface area contributed by atoms with Crippen LogP contribution in [0.3, 0.4) is 0 Å². The number of likely N-dealkylation sites (N-methyl/N-ethyl adjacent to an activating group) is 1. The van der Waals surface area contributed by atoms with E-state index < -0.39 is 5.41 Å². The number of amides is 1. The summed E-state index contributed by atoms with van der Waals surface area (Å²) in [6.45, 7) is 21.4. The minimum atomic E-state index is -0.665. The van der Waals surface area contributed by atoms with Gasteiger partial charge in [0.1, 0.15) is 0 Å². The van der Waals surface area contributed by atoms with E-state index in [0.29, 0.717) is 11.8 Å². The maximum absolute atomic E-state index is 14.1. The monoisotopic (exact) mass is 610 g/mol. The van der Waals surface area contributed by atoms with E-state index >= 15 is 0 Å². The minimum Gasteiger partial charge on any atom is -0.341 e. The molecule has 4 rings (SSSR count). The lowest BCUT2D eigenvalue weighted by molar-refractivity contribution is -0.137. The Labute approximate surface area is 271 Å². The number of hydrogen-bond donors (Lipinski definition) is 1. The van der Waals surface area contributed by atoms with Crippen molar-refractivity contribution in [3.8, 4) is 0 Å². The molecule has 0 aliphatic carbocycles. The zero-order valence-electron chi connectivity index (χ0n) is 29.0. The Morgan fingerprint density at radius 3 is 2.18 bits per heavy atom. The lowest BCUT2D eigenvalue weighted by Crippen LogP contribution is -2.46. The molecule has 0 radical (unpaired) electrons. The fraction of sp³-hybridized carbons (Fsp3) is 0.500. The molecule has 1 amide bonds. The molecule has 45 heavy (non-hydrogen) atoms. The van der Waals surface area contributed by atoms with Crippen molar-refractivity contribution in [3.63, 3.8) is 0 Å². The molecule has 0 fully saturated rings. The number of fused-ring (bicyclic) bond motifs is 1. The number of aromatic nitrogens is 3. The second-order valence-electron chi connectivity index (χ2n) is 14.2. The highest BCUT2D eigenvalue weighted by Crippen LogP contribution is 2.32. The average Bonchev–Trinajstić information content (AvgIpc) is 3.30.